The van der Waals surface area contributed by atoms with Gasteiger partial charge in [-0.3, -0.25) is 5.43 Å². The number of para-hydroxylation sites is 1. The van der Waals surface area contributed by atoms with E-state index in [1.165, 1.54) is 6.07 Å². The summed E-state index contributed by atoms with van der Waals surface area (Å²) in [5, 5.41) is 4.72. The zero-order chi connectivity index (χ0) is 16.4. The number of nitrogens with one attached hydrogen (secondary N) is 1. The Hall–Kier alpha value is -3.02. The van der Waals surface area contributed by atoms with E-state index in [4.69, 9.17) is 4.42 Å². The molecule has 1 heterocycles. The van der Waals surface area contributed by atoms with E-state index >= 15 is 0 Å². The van der Waals surface area contributed by atoms with Gasteiger partial charge < -0.3 is 4.42 Å². The molecule has 0 aliphatic heterocycles. The molecule has 0 unspecified atom stereocenters. The average Bonchev–Trinajstić information content (AvgIpc) is 2.53. The van der Waals surface area contributed by atoms with Crippen molar-refractivity contribution in [2.24, 2.45) is 5.10 Å². The second-order valence-electron chi connectivity index (χ2n) is 4.92. The molecule has 0 saturated carbocycles. The molecule has 0 amide bonds. The lowest BCUT2D eigenvalue weighted by molar-refractivity contribution is 0.559. The van der Waals surface area contributed by atoms with E-state index in [1.807, 2.05) is 12.1 Å². The predicted molar refractivity (Wildman–Crippen MR) is 84.7 cm³/mol. The van der Waals surface area contributed by atoms with Gasteiger partial charge in [0.1, 0.15) is 11.4 Å². The van der Waals surface area contributed by atoms with Gasteiger partial charge in [-0.25, -0.2) is 13.6 Å². The van der Waals surface area contributed by atoms with Crippen molar-refractivity contribution in [1.29, 1.82) is 0 Å². The maximum absolute atomic E-state index is 13.5. The lowest BCUT2D eigenvalue weighted by Gasteiger charge is -2.05. The summed E-state index contributed by atoms with van der Waals surface area (Å²) in [6.45, 7) is 1.59. The van der Waals surface area contributed by atoms with Gasteiger partial charge in [0.2, 0.25) is 0 Å². The topological polar surface area (TPSA) is 54.6 Å². The minimum atomic E-state index is -0.771. The number of hydrogen-bond donors (Lipinski definition) is 1. The van der Waals surface area contributed by atoms with Crippen molar-refractivity contribution in [3.8, 4) is 0 Å². The zero-order valence-corrected chi connectivity index (χ0v) is 12.1. The summed E-state index contributed by atoms with van der Waals surface area (Å²) >= 11 is 0. The van der Waals surface area contributed by atoms with Crippen LogP contribution in [-0.2, 0) is 0 Å². The van der Waals surface area contributed by atoms with Crippen LogP contribution in [0.25, 0.3) is 11.0 Å². The fourth-order valence-electron chi connectivity index (χ4n) is 2.10. The molecule has 3 rings (SSSR count). The van der Waals surface area contributed by atoms with Crippen LogP contribution in [0.15, 0.2) is 62.8 Å². The molecule has 4 nitrogen and oxygen atoms in total. The molecule has 0 aliphatic carbocycles. The molecule has 6 heteroatoms. The Morgan fingerprint density at radius 2 is 1.91 bits per heavy atom. The number of benzene rings is 2. The number of fused-ring (bicyclic) bond motifs is 1. The number of halogens is 2. The third-order valence-electron chi connectivity index (χ3n) is 3.31. The van der Waals surface area contributed by atoms with E-state index in [9.17, 15) is 13.6 Å². The Balaban J connectivity index is 1.94. The van der Waals surface area contributed by atoms with Crippen LogP contribution in [0.4, 0.5) is 14.5 Å². The molecule has 0 aliphatic rings. The normalized spacial score (nSPS) is 11.7. The van der Waals surface area contributed by atoms with E-state index in [1.54, 1.807) is 25.1 Å². The first-order valence-electron chi connectivity index (χ1n) is 6.83. The molecule has 0 fully saturated rings. The number of hydrogen-bond acceptors (Lipinski definition) is 4. The van der Waals surface area contributed by atoms with Crippen LogP contribution >= 0.6 is 0 Å². The van der Waals surface area contributed by atoms with Gasteiger partial charge in [0, 0.05) is 11.5 Å². The van der Waals surface area contributed by atoms with Gasteiger partial charge in [-0.2, -0.15) is 5.10 Å². The van der Waals surface area contributed by atoms with Crippen LogP contribution in [0, 0.1) is 11.6 Å². The molecule has 0 saturated heterocycles. The first-order valence-corrected chi connectivity index (χ1v) is 6.83. The lowest BCUT2D eigenvalue weighted by atomic mass is 10.1. The Labute approximate surface area is 130 Å². The Morgan fingerprint density at radius 3 is 2.70 bits per heavy atom. The molecule has 0 bridgehead atoms. The molecule has 116 valence electrons. The summed E-state index contributed by atoms with van der Waals surface area (Å²) in [6.07, 6.45) is 0. The summed E-state index contributed by atoms with van der Waals surface area (Å²) in [7, 11) is 0. The van der Waals surface area contributed by atoms with Gasteiger partial charge in [0.05, 0.1) is 17.0 Å². The fraction of sp³-hybridized carbons (Fsp3) is 0.0588. The highest BCUT2D eigenvalue weighted by molar-refractivity contribution is 6.00. The van der Waals surface area contributed by atoms with Crippen molar-refractivity contribution in [1.82, 2.24) is 0 Å². The Morgan fingerprint density at radius 1 is 1.13 bits per heavy atom. The largest absolute Gasteiger partial charge is 0.422 e. The molecule has 3 aromatic rings. The van der Waals surface area contributed by atoms with Gasteiger partial charge >= 0.3 is 5.63 Å². The van der Waals surface area contributed by atoms with Crippen LogP contribution in [0.1, 0.15) is 12.5 Å². The third kappa shape index (κ3) is 3.11. The Kier molecular flexibility index (Phi) is 3.89. The minimum Gasteiger partial charge on any atom is -0.422 e. The Bertz CT molecular complexity index is 964. The van der Waals surface area contributed by atoms with Gasteiger partial charge in [-0.15, -0.1) is 0 Å². The SMILES string of the molecule is CC(=NNc1ccc(F)cc1F)c1cc2ccccc2oc1=O. The molecule has 23 heavy (non-hydrogen) atoms. The molecular weight excluding hydrogens is 302 g/mol. The second kappa shape index (κ2) is 6.00. The van der Waals surface area contributed by atoms with Crippen molar-refractivity contribution in [2.75, 3.05) is 5.43 Å². The van der Waals surface area contributed by atoms with E-state index in [0.29, 0.717) is 11.3 Å². The second-order valence-corrected chi connectivity index (χ2v) is 4.92. The third-order valence-corrected chi connectivity index (χ3v) is 3.31. The number of anilines is 1. The van der Waals surface area contributed by atoms with Crippen molar-refractivity contribution in [3.63, 3.8) is 0 Å². The number of rotatable bonds is 3. The quantitative estimate of drug-likeness (QED) is 0.453. The molecule has 0 atom stereocenters. The highest BCUT2D eigenvalue weighted by Gasteiger charge is 2.09. The minimum absolute atomic E-state index is 0.0101. The molecule has 2 aromatic carbocycles. The van der Waals surface area contributed by atoms with Gasteiger partial charge in [-0.1, -0.05) is 18.2 Å². The van der Waals surface area contributed by atoms with Crippen LogP contribution in [0.3, 0.4) is 0 Å². The van der Waals surface area contributed by atoms with E-state index in [-0.39, 0.29) is 11.3 Å². The van der Waals surface area contributed by atoms with E-state index in [0.717, 1.165) is 17.5 Å². The van der Waals surface area contributed by atoms with Gasteiger partial charge in [-0.05, 0) is 31.2 Å². The first-order chi connectivity index (χ1) is 11.0. The number of hydrazone groups is 1. The highest BCUT2D eigenvalue weighted by atomic mass is 19.1. The van der Waals surface area contributed by atoms with Crippen LogP contribution in [-0.4, -0.2) is 5.71 Å². The summed E-state index contributed by atoms with van der Waals surface area (Å²) < 4.78 is 31.6. The maximum Gasteiger partial charge on any atom is 0.345 e. The monoisotopic (exact) mass is 314 g/mol. The summed E-state index contributed by atoms with van der Waals surface area (Å²) in [5.41, 5.74) is 3.02. The lowest BCUT2D eigenvalue weighted by Crippen LogP contribution is -2.13. The standard InChI is InChI=1S/C17H12F2N2O2/c1-10(20-21-15-7-6-12(18)9-14(15)19)13-8-11-4-2-3-5-16(11)23-17(13)22/h2-9,21H,1H3. The molecular formula is C17H12F2N2O2. The van der Waals surface area contributed by atoms with Crippen LogP contribution in [0.2, 0.25) is 0 Å². The summed E-state index contributed by atoms with van der Waals surface area (Å²) in [4.78, 5) is 12.0. The molecule has 0 radical (unpaired) electrons. The van der Waals surface area contributed by atoms with Crippen LogP contribution in [0.5, 0.6) is 0 Å². The van der Waals surface area contributed by atoms with Crippen molar-refractivity contribution < 1.29 is 13.2 Å². The summed E-state index contributed by atoms with van der Waals surface area (Å²) in [6, 6.07) is 11.8. The van der Waals surface area contributed by atoms with Crippen molar-refractivity contribution in [2.45, 2.75) is 6.92 Å². The van der Waals surface area contributed by atoms with E-state index in [2.05, 4.69) is 10.5 Å². The smallest absolute Gasteiger partial charge is 0.345 e. The van der Waals surface area contributed by atoms with Gasteiger partial charge in [0.15, 0.2) is 5.82 Å². The first kappa shape index (κ1) is 14.9. The predicted octanol–water partition coefficient (Wildman–Crippen LogP) is 3.91. The number of nitrogens with zero attached hydrogens (tertiary/aromatic N) is 1. The van der Waals surface area contributed by atoms with Gasteiger partial charge in [0.25, 0.3) is 0 Å². The molecule has 1 aromatic heterocycles. The van der Waals surface area contributed by atoms with Crippen molar-refractivity contribution in [3.05, 3.63) is 76.1 Å². The average molecular weight is 314 g/mol. The maximum atomic E-state index is 13.5. The van der Waals surface area contributed by atoms with Crippen molar-refractivity contribution >= 4 is 22.4 Å². The molecule has 0 spiro atoms. The molecule has 1 N–H and O–H groups in total. The highest BCUT2D eigenvalue weighted by Crippen LogP contribution is 2.16. The fourth-order valence-corrected chi connectivity index (χ4v) is 2.10. The van der Waals surface area contributed by atoms with Crippen LogP contribution < -0.4 is 11.1 Å². The zero-order valence-electron chi connectivity index (χ0n) is 12.1. The summed E-state index contributed by atoms with van der Waals surface area (Å²) in [5.74, 6) is -1.45. The van der Waals surface area contributed by atoms with E-state index < -0.39 is 17.3 Å².